The van der Waals surface area contributed by atoms with Crippen LogP contribution in [0.1, 0.15) is 33.3 Å². The number of hydrogen-bond acceptors (Lipinski definition) is 6. The molecule has 3 rings (SSSR count). The summed E-state index contributed by atoms with van der Waals surface area (Å²) in [6.07, 6.45) is 0.447. The zero-order valence-electron chi connectivity index (χ0n) is 23.0. The van der Waals surface area contributed by atoms with Crippen molar-refractivity contribution in [3.8, 4) is 0 Å². The maximum atomic E-state index is 13.8. The number of sulfonamides is 1. The number of carbonyl (C=O) groups excluding carboxylic acids is 2. The summed E-state index contributed by atoms with van der Waals surface area (Å²) in [4.78, 5) is 38.8. The molecule has 1 N–H and O–H groups in total. The summed E-state index contributed by atoms with van der Waals surface area (Å²) in [6.45, 7) is 6.65. The fraction of sp³-hybridized carbons (Fsp3) is 0.310. The molecule has 0 bridgehead atoms. The minimum Gasteiger partial charge on any atom is -0.350 e. The lowest BCUT2D eigenvalue weighted by molar-refractivity contribution is -0.384. The second-order valence-electron chi connectivity index (χ2n) is 10.3. The van der Waals surface area contributed by atoms with Crippen LogP contribution < -0.4 is 9.62 Å². The van der Waals surface area contributed by atoms with Gasteiger partial charge in [-0.2, -0.15) is 0 Å². The summed E-state index contributed by atoms with van der Waals surface area (Å²) in [5, 5.41) is 14.1. The zero-order chi connectivity index (χ0) is 29.5. The minimum absolute atomic E-state index is 0.0458. The number of nitro groups is 1. The third kappa shape index (κ3) is 7.89. The van der Waals surface area contributed by atoms with E-state index in [0.29, 0.717) is 6.42 Å². The van der Waals surface area contributed by atoms with Crippen LogP contribution in [0.3, 0.4) is 0 Å². The van der Waals surface area contributed by atoms with Crippen molar-refractivity contribution in [1.82, 2.24) is 10.2 Å². The zero-order valence-corrected chi connectivity index (χ0v) is 23.8. The molecular weight excluding hydrogens is 532 g/mol. The van der Waals surface area contributed by atoms with Gasteiger partial charge >= 0.3 is 0 Å². The van der Waals surface area contributed by atoms with Crippen molar-refractivity contribution >= 4 is 33.2 Å². The first-order valence-electron chi connectivity index (χ1n) is 12.8. The average Bonchev–Trinajstić information content (AvgIpc) is 2.91. The molecule has 1 unspecified atom stereocenters. The van der Waals surface area contributed by atoms with Crippen LogP contribution in [0.5, 0.6) is 0 Å². The van der Waals surface area contributed by atoms with E-state index >= 15 is 0 Å². The molecule has 0 saturated carbocycles. The van der Waals surface area contributed by atoms with E-state index in [1.165, 1.54) is 41.3 Å². The number of amides is 2. The SMILES string of the molecule is CC(C(=O)NC(C)(C)C)N(CCc1ccccc1)C(=O)CN(c1ccc([N+](=O)[O-])cc1)S(=O)(=O)c1ccccc1. The lowest BCUT2D eigenvalue weighted by Gasteiger charge is -2.33. The second-order valence-corrected chi connectivity index (χ2v) is 12.2. The smallest absolute Gasteiger partial charge is 0.269 e. The van der Waals surface area contributed by atoms with Crippen molar-refractivity contribution in [2.45, 2.75) is 50.6 Å². The molecule has 11 heteroatoms. The van der Waals surface area contributed by atoms with Crippen LogP contribution in [0.4, 0.5) is 11.4 Å². The maximum Gasteiger partial charge on any atom is 0.269 e. The molecule has 212 valence electrons. The van der Waals surface area contributed by atoms with E-state index in [1.54, 1.807) is 25.1 Å². The number of carbonyl (C=O) groups is 2. The monoisotopic (exact) mass is 566 g/mol. The number of rotatable bonds is 11. The summed E-state index contributed by atoms with van der Waals surface area (Å²) in [6, 6.07) is 21.1. The van der Waals surface area contributed by atoms with Gasteiger partial charge in [-0.25, -0.2) is 8.42 Å². The van der Waals surface area contributed by atoms with E-state index in [4.69, 9.17) is 0 Å². The Morgan fingerprint density at radius 3 is 2.00 bits per heavy atom. The molecule has 1 atom stereocenters. The predicted octanol–water partition coefficient (Wildman–Crippen LogP) is 4.16. The van der Waals surface area contributed by atoms with E-state index in [2.05, 4.69) is 5.32 Å². The molecule has 0 aliphatic rings. The molecule has 3 aromatic carbocycles. The van der Waals surface area contributed by atoms with Gasteiger partial charge in [-0.05, 0) is 63.9 Å². The molecule has 0 heterocycles. The van der Waals surface area contributed by atoms with E-state index in [-0.39, 0.29) is 28.7 Å². The highest BCUT2D eigenvalue weighted by molar-refractivity contribution is 7.92. The molecular formula is C29H34N4O6S. The normalized spacial score (nSPS) is 12.3. The van der Waals surface area contributed by atoms with Crippen molar-refractivity contribution in [2.75, 3.05) is 17.4 Å². The summed E-state index contributed by atoms with van der Waals surface area (Å²) in [5.74, 6) is -0.966. The Morgan fingerprint density at radius 1 is 0.925 bits per heavy atom. The average molecular weight is 567 g/mol. The molecule has 10 nitrogen and oxygen atoms in total. The van der Waals surface area contributed by atoms with Gasteiger partial charge in [-0.1, -0.05) is 48.5 Å². The molecule has 0 fully saturated rings. The molecule has 0 spiro atoms. The predicted molar refractivity (Wildman–Crippen MR) is 153 cm³/mol. The fourth-order valence-electron chi connectivity index (χ4n) is 4.03. The number of nitrogens with one attached hydrogen (secondary N) is 1. The second kappa shape index (κ2) is 12.7. The summed E-state index contributed by atoms with van der Waals surface area (Å²) in [5.41, 5.74) is 0.274. The van der Waals surface area contributed by atoms with Crippen LogP contribution in [0.2, 0.25) is 0 Å². The first-order chi connectivity index (χ1) is 18.8. The summed E-state index contributed by atoms with van der Waals surface area (Å²) in [7, 11) is -4.24. The molecule has 0 aromatic heterocycles. The van der Waals surface area contributed by atoms with Gasteiger partial charge in [0, 0.05) is 24.2 Å². The number of nitrogens with zero attached hydrogens (tertiary/aromatic N) is 3. The fourth-order valence-corrected chi connectivity index (χ4v) is 5.47. The summed E-state index contributed by atoms with van der Waals surface area (Å²) < 4.78 is 28.4. The lowest BCUT2D eigenvalue weighted by Crippen LogP contribution is -2.55. The van der Waals surface area contributed by atoms with Gasteiger partial charge in [0.2, 0.25) is 11.8 Å². The van der Waals surface area contributed by atoms with Gasteiger partial charge in [-0.15, -0.1) is 0 Å². The van der Waals surface area contributed by atoms with E-state index in [1.807, 2.05) is 51.1 Å². The number of non-ortho nitro benzene ring substituents is 1. The van der Waals surface area contributed by atoms with Crippen LogP contribution in [0, 0.1) is 10.1 Å². The molecule has 2 amide bonds. The number of benzene rings is 3. The van der Waals surface area contributed by atoms with Crippen LogP contribution >= 0.6 is 0 Å². The summed E-state index contributed by atoms with van der Waals surface area (Å²) >= 11 is 0. The van der Waals surface area contributed by atoms with Crippen molar-refractivity contribution in [3.05, 3.63) is 101 Å². The van der Waals surface area contributed by atoms with Gasteiger partial charge in [0.1, 0.15) is 12.6 Å². The van der Waals surface area contributed by atoms with Crippen molar-refractivity contribution in [2.24, 2.45) is 0 Å². The van der Waals surface area contributed by atoms with Gasteiger partial charge in [0.15, 0.2) is 0 Å². The molecule has 0 radical (unpaired) electrons. The highest BCUT2D eigenvalue weighted by Gasteiger charge is 2.33. The van der Waals surface area contributed by atoms with Crippen molar-refractivity contribution < 1.29 is 22.9 Å². The van der Waals surface area contributed by atoms with E-state index in [0.717, 1.165) is 9.87 Å². The first-order valence-corrected chi connectivity index (χ1v) is 14.2. The number of hydrogen-bond donors (Lipinski definition) is 1. The molecule has 3 aromatic rings. The van der Waals surface area contributed by atoms with Crippen molar-refractivity contribution in [3.63, 3.8) is 0 Å². The third-order valence-corrected chi connectivity index (χ3v) is 7.90. The quantitative estimate of drug-likeness (QED) is 0.274. The lowest BCUT2D eigenvalue weighted by atomic mass is 10.1. The Morgan fingerprint density at radius 2 is 1.48 bits per heavy atom. The van der Waals surface area contributed by atoms with E-state index in [9.17, 15) is 28.1 Å². The minimum atomic E-state index is -4.24. The van der Waals surface area contributed by atoms with Gasteiger partial charge in [-0.3, -0.25) is 24.0 Å². The van der Waals surface area contributed by atoms with Crippen LogP contribution in [-0.2, 0) is 26.0 Å². The van der Waals surface area contributed by atoms with Crippen molar-refractivity contribution in [1.29, 1.82) is 0 Å². The highest BCUT2D eigenvalue weighted by atomic mass is 32.2. The van der Waals surface area contributed by atoms with Gasteiger partial charge in [0.05, 0.1) is 15.5 Å². The Kier molecular flexibility index (Phi) is 9.65. The Labute approximate surface area is 234 Å². The Balaban J connectivity index is 1.99. The topological polar surface area (TPSA) is 130 Å². The van der Waals surface area contributed by atoms with Crippen LogP contribution in [-0.4, -0.2) is 54.7 Å². The first kappa shape index (κ1) is 30.3. The molecule has 0 saturated heterocycles. The van der Waals surface area contributed by atoms with Gasteiger partial charge in [0.25, 0.3) is 15.7 Å². The number of nitro benzene ring substituents is 1. The van der Waals surface area contributed by atoms with E-state index < -0.39 is 39.0 Å². The Hall–Kier alpha value is -4.25. The van der Waals surface area contributed by atoms with Crippen LogP contribution in [0.15, 0.2) is 89.8 Å². The molecule has 0 aliphatic heterocycles. The molecule has 40 heavy (non-hydrogen) atoms. The third-order valence-electron chi connectivity index (χ3n) is 6.11. The standard InChI is InChI=1S/C29H34N4O6S/c1-22(28(35)30-29(2,3)4)31(20-19-23-11-7-5-8-12-23)27(34)21-32(24-15-17-25(18-16-24)33(36)37)40(38,39)26-13-9-6-10-14-26/h5-18,22H,19-21H2,1-4H3,(H,30,35). The largest absolute Gasteiger partial charge is 0.350 e. The van der Waals surface area contributed by atoms with Gasteiger partial charge < -0.3 is 10.2 Å². The highest BCUT2D eigenvalue weighted by Crippen LogP contribution is 2.26. The molecule has 0 aliphatic carbocycles. The maximum absolute atomic E-state index is 13.8. The van der Waals surface area contributed by atoms with Crippen LogP contribution in [0.25, 0.3) is 0 Å². The number of anilines is 1. The Bertz CT molecular complexity index is 1420.